The Morgan fingerprint density at radius 2 is 1.27 bits per heavy atom. The number of carbonyl (C=O) groups is 4. The van der Waals surface area contributed by atoms with Crippen molar-refractivity contribution in [3.05, 3.63) is 108 Å². The van der Waals surface area contributed by atoms with E-state index in [1.54, 1.807) is 0 Å². The highest BCUT2D eigenvalue weighted by atomic mass is 16.4. The molecule has 3 rings (SSSR count). The van der Waals surface area contributed by atoms with Crippen LogP contribution in [0.4, 0.5) is 9.59 Å². The Hall–Kier alpha value is -4.86. The van der Waals surface area contributed by atoms with Crippen LogP contribution in [0.1, 0.15) is 55.7 Å². The number of carbonyl (C=O) groups excluding carboxylic acids is 3. The summed E-state index contributed by atoms with van der Waals surface area (Å²) in [5.41, 5.74) is 1.37. The van der Waals surface area contributed by atoms with Crippen molar-refractivity contribution in [2.45, 2.75) is 50.6 Å². The quantitative estimate of drug-likeness (QED) is 0.122. The molecule has 0 aliphatic heterocycles. The molecule has 234 valence electrons. The van der Waals surface area contributed by atoms with Crippen LogP contribution in [0.3, 0.4) is 0 Å². The van der Waals surface area contributed by atoms with Gasteiger partial charge in [0.05, 0.1) is 6.42 Å². The Bertz CT molecular complexity index is 1240. The van der Waals surface area contributed by atoms with Gasteiger partial charge in [0.2, 0.25) is 11.8 Å². The maximum atomic E-state index is 13.9. The van der Waals surface area contributed by atoms with Gasteiger partial charge >= 0.3 is 12.1 Å². The highest BCUT2D eigenvalue weighted by Crippen LogP contribution is 2.36. The smallest absolute Gasteiger partial charge is 0.407 e. The molecule has 0 saturated carbocycles. The van der Waals surface area contributed by atoms with Crippen molar-refractivity contribution < 1.29 is 24.3 Å². The Balaban J connectivity index is 1.88. The lowest BCUT2D eigenvalue weighted by molar-refractivity contribution is -0.128. The number of likely N-dealkylation sites (N-methyl/N-ethyl adjacent to an activating group) is 1. The van der Waals surface area contributed by atoms with Gasteiger partial charge in [0.15, 0.2) is 0 Å². The summed E-state index contributed by atoms with van der Waals surface area (Å²) in [5.74, 6) is -1.06. The van der Waals surface area contributed by atoms with Crippen LogP contribution in [0, 0.1) is 0 Å². The van der Waals surface area contributed by atoms with Crippen LogP contribution >= 0.6 is 0 Å². The van der Waals surface area contributed by atoms with Gasteiger partial charge in [0.25, 0.3) is 0 Å². The summed E-state index contributed by atoms with van der Waals surface area (Å²) in [4.78, 5) is 52.1. The van der Waals surface area contributed by atoms with Gasteiger partial charge in [-0.1, -0.05) is 117 Å². The molecule has 0 saturated heterocycles. The summed E-state index contributed by atoms with van der Waals surface area (Å²) in [6, 6.07) is 27.0. The van der Waals surface area contributed by atoms with Crippen molar-refractivity contribution in [2.24, 2.45) is 0 Å². The van der Waals surface area contributed by atoms with Gasteiger partial charge in [-0.15, -0.1) is 0 Å². The van der Waals surface area contributed by atoms with E-state index in [4.69, 9.17) is 5.11 Å². The molecule has 0 fully saturated rings. The van der Waals surface area contributed by atoms with E-state index in [0.717, 1.165) is 47.3 Å². The number of nitrogens with zero attached hydrogens (tertiary/aromatic N) is 1. The van der Waals surface area contributed by atoms with E-state index in [1.165, 1.54) is 7.05 Å². The number of benzene rings is 3. The van der Waals surface area contributed by atoms with Crippen LogP contribution in [-0.2, 0) is 15.1 Å². The van der Waals surface area contributed by atoms with E-state index >= 15 is 0 Å². The number of nitrogens with one attached hydrogen (secondary N) is 4. The normalized spacial score (nSPS) is 11.6. The van der Waals surface area contributed by atoms with Gasteiger partial charge in [-0.2, -0.15) is 0 Å². The Labute approximate surface area is 259 Å². The van der Waals surface area contributed by atoms with Crippen molar-refractivity contribution in [2.75, 3.05) is 26.7 Å². The van der Waals surface area contributed by atoms with E-state index in [0.29, 0.717) is 6.54 Å². The minimum absolute atomic E-state index is 0.0159. The van der Waals surface area contributed by atoms with Crippen LogP contribution in [0.2, 0.25) is 0 Å². The second-order valence-corrected chi connectivity index (χ2v) is 10.6. The first-order valence-electron chi connectivity index (χ1n) is 15.0. The summed E-state index contributed by atoms with van der Waals surface area (Å²) in [6.45, 7) is 2.60. The zero-order valence-corrected chi connectivity index (χ0v) is 25.4. The molecule has 0 spiro atoms. The summed E-state index contributed by atoms with van der Waals surface area (Å²) >= 11 is 0. The maximum Gasteiger partial charge on any atom is 0.407 e. The number of unbranched alkanes of at least 4 members (excludes halogenated alkanes) is 3. The molecule has 0 unspecified atom stereocenters. The molecular formula is C34H43N5O5. The van der Waals surface area contributed by atoms with Crippen LogP contribution in [0.15, 0.2) is 91.0 Å². The Kier molecular flexibility index (Phi) is 13.2. The topological polar surface area (TPSA) is 140 Å². The minimum atomic E-state index is -1.21. The molecule has 3 aromatic carbocycles. The van der Waals surface area contributed by atoms with Gasteiger partial charge in [0.1, 0.15) is 11.6 Å². The predicted octanol–water partition coefficient (Wildman–Crippen LogP) is 4.46. The van der Waals surface area contributed by atoms with Gasteiger partial charge < -0.3 is 31.3 Å². The first-order chi connectivity index (χ1) is 21.3. The van der Waals surface area contributed by atoms with E-state index in [-0.39, 0.29) is 19.5 Å². The van der Waals surface area contributed by atoms with Gasteiger partial charge in [-0.05, 0) is 23.1 Å². The lowest BCUT2D eigenvalue weighted by Crippen LogP contribution is -2.54. The van der Waals surface area contributed by atoms with Crippen molar-refractivity contribution >= 4 is 23.9 Å². The van der Waals surface area contributed by atoms with Crippen LogP contribution in [-0.4, -0.2) is 66.7 Å². The van der Waals surface area contributed by atoms with Crippen LogP contribution in [0.25, 0.3) is 0 Å². The third kappa shape index (κ3) is 9.58. The third-order valence-corrected chi connectivity index (χ3v) is 7.35. The molecule has 44 heavy (non-hydrogen) atoms. The first-order valence-corrected chi connectivity index (χ1v) is 15.0. The van der Waals surface area contributed by atoms with Crippen LogP contribution < -0.4 is 21.3 Å². The number of urea groups is 1. The molecule has 5 N–H and O–H groups in total. The zero-order chi connectivity index (χ0) is 31.8. The Morgan fingerprint density at radius 3 is 1.75 bits per heavy atom. The van der Waals surface area contributed by atoms with E-state index in [2.05, 4.69) is 28.2 Å². The van der Waals surface area contributed by atoms with Crippen molar-refractivity contribution in [1.82, 2.24) is 26.2 Å². The fraction of sp³-hybridized carbons (Fsp3) is 0.353. The fourth-order valence-corrected chi connectivity index (χ4v) is 4.96. The molecule has 5 amide bonds. The number of rotatable bonds is 16. The average molecular weight is 602 g/mol. The number of carboxylic acid groups (broad SMARTS) is 1. The molecule has 10 heteroatoms. The van der Waals surface area contributed by atoms with Gasteiger partial charge in [-0.3, -0.25) is 9.59 Å². The molecule has 3 aromatic rings. The SMILES string of the molecule is CCCCCCNC(=O)N[C@H](CC(=O)NC(c1ccccc1)(c1ccccc1)c1ccccc1)C(=O)NCCN(C)C(=O)O. The predicted molar refractivity (Wildman–Crippen MR) is 170 cm³/mol. The molecule has 1 atom stereocenters. The third-order valence-electron chi connectivity index (χ3n) is 7.35. The number of hydrogen-bond donors (Lipinski definition) is 5. The molecule has 0 aliphatic rings. The zero-order valence-electron chi connectivity index (χ0n) is 25.4. The summed E-state index contributed by atoms with van der Waals surface area (Å²) in [6.07, 6.45) is 2.42. The molecule has 10 nitrogen and oxygen atoms in total. The standard InChI is InChI=1S/C34H43N5O5/c1-3-4-5-15-22-36-32(42)37-29(31(41)35-23-24-39(2)33(43)44)25-30(40)38-34(26-16-9-6-10-17-26,27-18-11-7-12-19-27)28-20-13-8-14-21-28/h6-14,16-21,29H,3-5,15,22-25H2,1-2H3,(H,35,41)(H,38,40)(H,43,44)(H2,36,37,42)/t29-/m1/s1. The second kappa shape index (κ2) is 17.3. The monoisotopic (exact) mass is 601 g/mol. The molecular weight excluding hydrogens is 558 g/mol. The van der Waals surface area contributed by atoms with Crippen molar-refractivity contribution in [3.63, 3.8) is 0 Å². The van der Waals surface area contributed by atoms with E-state index in [9.17, 15) is 19.2 Å². The molecule has 0 radical (unpaired) electrons. The summed E-state index contributed by atoms with van der Waals surface area (Å²) < 4.78 is 0. The van der Waals surface area contributed by atoms with Crippen LogP contribution in [0.5, 0.6) is 0 Å². The average Bonchev–Trinajstić information content (AvgIpc) is 3.04. The lowest BCUT2D eigenvalue weighted by Gasteiger charge is -2.37. The van der Waals surface area contributed by atoms with Gasteiger partial charge in [-0.25, -0.2) is 9.59 Å². The minimum Gasteiger partial charge on any atom is -0.465 e. The number of amides is 5. The molecule has 0 bridgehead atoms. The van der Waals surface area contributed by atoms with Gasteiger partial charge in [0, 0.05) is 26.7 Å². The lowest BCUT2D eigenvalue weighted by atomic mass is 9.77. The largest absolute Gasteiger partial charge is 0.465 e. The van der Waals surface area contributed by atoms with E-state index in [1.807, 2.05) is 91.0 Å². The molecule has 0 aromatic heterocycles. The summed E-state index contributed by atoms with van der Waals surface area (Å²) in [7, 11) is 1.39. The number of hydrogen-bond acceptors (Lipinski definition) is 4. The van der Waals surface area contributed by atoms with Crippen molar-refractivity contribution in [1.29, 1.82) is 0 Å². The fourth-order valence-electron chi connectivity index (χ4n) is 4.96. The van der Waals surface area contributed by atoms with Crippen molar-refractivity contribution in [3.8, 4) is 0 Å². The maximum absolute atomic E-state index is 13.9. The van der Waals surface area contributed by atoms with E-state index < -0.39 is 35.5 Å². The first kappa shape index (κ1) is 33.6. The molecule has 0 heterocycles. The summed E-state index contributed by atoms with van der Waals surface area (Å²) in [5, 5.41) is 20.4. The highest BCUT2D eigenvalue weighted by molar-refractivity contribution is 5.92. The Morgan fingerprint density at radius 1 is 0.750 bits per heavy atom. The highest BCUT2D eigenvalue weighted by Gasteiger charge is 2.38. The molecule has 0 aliphatic carbocycles. The second-order valence-electron chi connectivity index (χ2n) is 10.6.